The van der Waals surface area contributed by atoms with Crippen LogP contribution in [0.1, 0.15) is 5.56 Å². The number of carbonyl (C=O) groups excluding carboxylic acids is 2. The first kappa shape index (κ1) is 15.3. The number of hydrogen-bond donors (Lipinski definition) is 1. The van der Waals surface area contributed by atoms with Crippen LogP contribution in [0.5, 0.6) is 5.75 Å². The van der Waals surface area contributed by atoms with E-state index in [-0.39, 0.29) is 18.9 Å². The van der Waals surface area contributed by atoms with Crippen molar-refractivity contribution in [2.24, 2.45) is 0 Å². The van der Waals surface area contributed by atoms with E-state index in [9.17, 15) is 9.59 Å². The third-order valence-corrected chi connectivity index (χ3v) is 2.79. The average molecular weight is 286 g/mol. The van der Waals surface area contributed by atoms with E-state index in [4.69, 9.17) is 16.3 Å². The van der Waals surface area contributed by atoms with Gasteiger partial charge >= 0.3 is 5.97 Å². The Morgan fingerprint density at radius 3 is 2.42 bits per heavy atom. The van der Waals surface area contributed by atoms with E-state index in [1.807, 2.05) is 0 Å². The second-order valence-corrected chi connectivity index (χ2v) is 4.35. The summed E-state index contributed by atoms with van der Waals surface area (Å²) in [4.78, 5) is 22.7. The smallest absolute Gasteiger partial charge is 0.325 e. The number of amides is 1. The van der Waals surface area contributed by atoms with E-state index in [2.05, 4.69) is 10.1 Å². The minimum Gasteiger partial charge on any atom is -0.497 e. The van der Waals surface area contributed by atoms with Gasteiger partial charge in [-0.05, 0) is 17.7 Å². The molecule has 0 saturated heterocycles. The molecule has 0 heterocycles. The minimum absolute atomic E-state index is 0.0449. The van der Waals surface area contributed by atoms with E-state index in [1.165, 1.54) is 7.11 Å². The van der Waals surface area contributed by atoms with Crippen LogP contribution in [0, 0.1) is 0 Å². The van der Waals surface area contributed by atoms with Crippen molar-refractivity contribution in [3.05, 3.63) is 29.8 Å². The summed E-state index contributed by atoms with van der Waals surface area (Å²) in [6.07, 6.45) is 0.217. The molecule has 0 radical (unpaired) electrons. The quantitative estimate of drug-likeness (QED) is 0.629. The van der Waals surface area contributed by atoms with Crippen LogP contribution in [-0.4, -0.2) is 38.0 Å². The first-order valence-corrected chi connectivity index (χ1v) is 6.12. The lowest BCUT2D eigenvalue weighted by atomic mass is 10.1. The van der Waals surface area contributed by atoms with Gasteiger partial charge in [0.2, 0.25) is 5.91 Å². The predicted octanol–water partition coefficient (Wildman–Crippen LogP) is 1.13. The van der Waals surface area contributed by atoms with Crippen molar-refractivity contribution in [2.45, 2.75) is 11.8 Å². The fourth-order valence-electron chi connectivity index (χ4n) is 1.41. The number of halogens is 1. The van der Waals surface area contributed by atoms with Gasteiger partial charge < -0.3 is 14.8 Å². The van der Waals surface area contributed by atoms with Crippen LogP contribution < -0.4 is 10.1 Å². The Bertz CT molecular complexity index is 433. The lowest BCUT2D eigenvalue weighted by molar-refractivity contribution is -0.140. The lowest BCUT2D eigenvalue weighted by Crippen LogP contribution is -2.35. The standard InChI is InChI=1S/C13H16ClNO4/c1-18-10-5-3-9(4-6-10)7-12(16)15-8-11(14)13(17)19-2/h3-6,11H,7-8H2,1-2H3,(H,15,16). The number of rotatable bonds is 6. The summed E-state index contributed by atoms with van der Waals surface area (Å²) in [7, 11) is 2.83. The van der Waals surface area contributed by atoms with Gasteiger partial charge in [0, 0.05) is 6.54 Å². The summed E-state index contributed by atoms with van der Waals surface area (Å²) in [6, 6.07) is 7.16. The van der Waals surface area contributed by atoms with Crippen LogP contribution in [-0.2, 0) is 20.7 Å². The molecule has 1 atom stereocenters. The molecule has 1 aromatic carbocycles. The van der Waals surface area contributed by atoms with Crippen molar-refractivity contribution in [1.82, 2.24) is 5.32 Å². The molecule has 5 nitrogen and oxygen atoms in total. The Kier molecular flexibility index (Phi) is 6.15. The second-order valence-electron chi connectivity index (χ2n) is 3.82. The monoisotopic (exact) mass is 285 g/mol. The zero-order valence-electron chi connectivity index (χ0n) is 10.8. The Balaban J connectivity index is 2.40. The van der Waals surface area contributed by atoms with Crippen molar-refractivity contribution in [1.29, 1.82) is 0 Å². The number of hydrogen-bond acceptors (Lipinski definition) is 4. The normalized spacial score (nSPS) is 11.5. The molecule has 1 rings (SSSR count). The molecule has 1 amide bonds. The third-order valence-electron chi connectivity index (χ3n) is 2.46. The van der Waals surface area contributed by atoms with Crippen LogP contribution >= 0.6 is 11.6 Å². The molecule has 19 heavy (non-hydrogen) atoms. The highest BCUT2D eigenvalue weighted by molar-refractivity contribution is 6.30. The lowest BCUT2D eigenvalue weighted by Gasteiger charge is -2.09. The molecule has 6 heteroatoms. The first-order valence-electron chi connectivity index (χ1n) is 5.68. The molecular weight excluding hydrogens is 270 g/mol. The zero-order chi connectivity index (χ0) is 14.3. The summed E-state index contributed by atoms with van der Waals surface area (Å²) in [5.41, 5.74) is 0.850. The number of nitrogens with one attached hydrogen (secondary N) is 1. The van der Waals surface area contributed by atoms with Crippen molar-refractivity contribution in [3.8, 4) is 5.75 Å². The van der Waals surface area contributed by atoms with E-state index >= 15 is 0 Å². The van der Waals surface area contributed by atoms with Gasteiger partial charge in [-0.15, -0.1) is 11.6 Å². The number of methoxy groups -OCH3 is 2. The topological polar surface area (TPSA) is 64.6 Å². The number of carbonyl (C=O) groups is 2. The Labute approximate surface area is 116 Å². The predicted molar refractivity (Wildman–Crippen MR) is 71.4 cm³/mol. The van der Waals surface area contributed by atoms with E-state index in [1.54, 1.807) is 31.4 Å². The summed E-state index contributed by atoms with van der Waals surface area (Å²) in [6.45, 7) is 0.0449. The van der Waals surface area contributed by atoms with E-state index < -0.39 is 11.3 Å². The Morgan fingerprint density at radius 2 is 1.89 bits per heavy atom. The Hall–Kier alpha value is -1.75. The molecule has 1 unspecified atom stereocenters. The Morgan fingerprint density at radius 1 is 1.26 bits per heavy atom. The molecule has 104 valence electrons. The van der Waals surface area contributed by atoms with Gasteiger partial charge in [-0.25, -0.2) is 0 Å². The summed E-state index contributed by atoms with van der Waals surface area (Å²) < 4.78 is 9.47. The SMILES string of the molecule is COC(=O)C(Cl)CNC(=O)Cc1ccc(OC)cc1. The average Bonchev–Trinajstić information content (AvgIpc) is 2.44. The molecule has 0 spiro atoms. The molecule has 0 aliphatic rings. The largest absolute Gasteiger partial charge is 0.497 e. The molecular formula is C13H16ClNO4. The fraction of sp³-hybridized carbons (Fsp3) is 0.385. The maximum absolute atomic E-state index is 11.6. The van der Waals surface area contributed by atoms with Crippen molar-refractivity contribution < 1.29 is 19.1 Å². The summed E-state index contributed by atoms with van der Waals surface area (Å²) in [5, 5.41) is 1.70. The van der Waals surface area contributed by atoms with Gasteiger partial charge in [0.1, 0.15) is 11.1 Å². The van der Waals surface area contributed by atoms with Crippen molar-refractivity contribution in [3.63, 3.8) is 0 Å². The molecule has 0 fully saturated rings. The fourth-order valence-corrected chi connectivity index (χ4v) is 1.57. The van der Waals surface area contributed by atoms with Gasteiger partial charge in [0.05, 0.1) is 20.6 Å². The number of esters is 1. The zero-order valence-corrected chi connectivity index (χ0v) is 11.6. The highest BCUT2D eigenvalue weighted by atomic mass is 35.5. The number of alkyl halides is 1. The van der Waals surface area contributed by atoms with Crippen molar-refractivity contribution in [2.75, 3.05) is 20.8 Å². The second kappa shape index (κ2) is 7.63. The van der Waals surface area contributed by atoms with Crippen molar-refractivity contribution >= 4 is 23.5 Å². The van der Waals surface area contributed by atoms with Crippen LogP contribution in [0.25, 0.3) is 0 Å². The third kappa shape index (κ3) is 5.18. The van der Waals surface area contributed by atoms with Crippen LogP contribution in [0.2, 0.25) is 0 Å². The molecule has 0 aliphatic carbocycles. The number of ether oxygens (including phenoxy) is 2. The van der Waals surface area contributed by atoms with Gasteiger partial charge in [0.25, 0.3) is 0 Å². The van der Waals surface area contributed by atoms with Gasteiger partial charge in [0.15, 0.2) is 0 Å². The maximum atomic E-state index is 11.6. The highest BCUT2D eigenvalue weighted by Crippen LogP contribution is 2.11. The number of benzene rings is 1. The molecule has 0 aromatic heterocycles. The maximum Gasteiger partial charge on any atom is 0.325 e. The van der Waals surface area contributed by atoms with Crippen LogP contribution in [0.15, 0.2) is 24.3 Å². The van der Waals surface area contributed by atoms with Crippen LogP contribution in [0.3, 0.4) is 0 Å². The van der Waals surface area contributed by atoms with Gasteiger partial charge in [-0.1, -0.05) is 12.1 Å². The molecule has 0 aliphatic heterocycles. The summed E-state index contributed by atoms with van der Waals surface area (Å²) in [5.74, 6) is -0.0400. The molecule has 1 aromatic rings. The molecule has 0 saturated carbocycles. The van der Waals surface area contributed by atoms with Gasteiger partial charge in [-0.3, -0.25) is 9.59 Å². The highest BCUT2D eigenvalue weighted by Gasteiger charge is 2.16. The van der Waals surface area contributed by atoms with Gasteiger partial charge in [-0.2, -0.15) is 0 Å². The van der Waals surface area contributed by atoms with E-state index in [0.29, 0.717) is 0 Å². The first-order chi connectivity index (χ1) is 9.06. The van der Waals surface area contributed by atoms with E-state index in [0.717, 1.165) is 11.3 Å². The minimum atomic E-state index is -0.871. The molecule has 1 N–H and O–H groups in total. The molecule has 0 bridgehead atoms. The van der Waals surface area contributed by atoms with Crippen LogP contribution in [0.4, 0.5) is 0 Å². The summed E-state index contributed by atoms with van der Waals surface area (Å²) >= 11 is 5.71.